The van der Waals surface area contributed by atoms with Gasteiger partial charge in [0.25, 0.3) is 5.91 Å². The molecule has 0 fully saturated rings. The van der Waals surface area contributed by atoms with Crippen LogP contribution >= 0.6 is 11.8 Å². The zero-order valence-electron chi connectivity index (χ0n) is 20.1. The van der Waals surface area contributed by atoms with Gasteiger partial charge in [-0.1, -0.05) is 42.1 Å². The first-order valence-corrected chi connectivity index (χ1v) is 13.7. The number of ether oxygens (including phenoxy) is 1. The zero-order valence-corrected chi connectivity index (χ0v) is 21.8. The SMILES string of the molecule is COC(=O)CNc1ccc(C=C2Sc3cc(S(=O)(=O)Cc4c(C)cccc4C)ccc3NC2=O)cc1. The molecule has 2 N–H and O–H groups in total. The zero-order chi connectivity index (χ0) is 25.9. The van der Waals surface area contributed by atoms with Gasteiger partial charge in [0, 0.05) is 10.6 Å². The summed E-state index contributed by atoms with van der Waals surface area (Å²) in [5.74, 6) is -0.711. The van der Waals surface area contributed by atoms with Crippen LogP contribution in [0.25, 0.3) is 6.08 Å². The highest BCUT2D eigenvalue weighted by Gasteiger charge is 2.25. The second-order valence-electron chi connectivity index (χ2n) is 8.40. The molecule has 9 heteroatoms. The number of thioether (sulfide) groups is 1. The third-order valence-corrected chi connectivity index (χ3v) is 8.58. The van der Waals surface area contributed by atoms with Crippen LogP contribution in [0, 0.1) is 13.8 Å². The van der Waals surface area contributed by atoms with Gasteiger partial charge in [0.05, 0.1) is 28.4 Å². The Balaban J connectivity index is 1.55. The van der Waals surface area contributed by atoms with Gasteiger partial charge in [-0.3, -0.25) is 9.59 Å². The Morgan fingerprint density at radius 3 is 2.42 bits per heavy atom. The fraction of sp³-hybridized carbons (Fsp3) is 0.185. The molecule has 0 bridgehead atoms. The summed E-state index contributed by atoms with van der Waals surface area (Å²) >= 11 is 1.23. The average molecular weight is 523 g/mol. The monoisotopic (exact) mass is 522 g/mol. The van der Waals surface area contributed by atoms with Crippen molar-refractivity contribution in [3.63, 3.8) is 0 Å². The lowest BCUT2D eigenvalue weighted by atomic mass is 10.1. The molecule has 0 unspecified atom stereocenters. The molecule has 1 aliphatic rings. The van der Waals surface area contributed by atoms with Gasteiger partial charge in [-0.15, -0.1) is 0 Å². The third kappa shape index (κ3) is 5.80. The lowest BCUT2D eigenvalue weighted by Gasteiger charge is -2.20. The first kappa shape index (κ1) is 25.5. The number of carbonyl (C=O) groups is 2. The van der Waals surface area contributed by atoms with Crippen molar-refractivity contribution in [3.05, 3.63) is 87.8 Å². The van der Waals surface area contributed by atoms with E-state index in [-0.39, 0.29) is 29.1 Å². The molecule has 0 aromatic heterocycles. The highest BCUT2D eigenvalue weighted by atomic mass is 32.2. The van der Waals surface area contributed by atoms with Gasteiger partial charge in [0.1, 0.15) is 6.54 Å². The Kier molecular flexibility index (Phi) is 7.51. The summed E-state index contributed by atoms with van der Waals surface area (Å²) in [7, 11) is -2.26. The minimum absolute atomic E-state index is 0.0562. The molecule has 0 atom stereocenters. The molecule has 0 aliphatic carbocycles. The number of fused-ring (bicyclic) bond motifs is 1. The topological polar surface area (TPSA) is 102 Å². The standard InChI is InChI=1S/C27H26N2O5S2/c1-17-5-4-6-18(2)22(17)16-36(32,33)21-11-12-23-24(14-21)35-25(27(31)29-23)13-19-7-9-20(10-8-19)28-15-26(30)34-3/h4-14,28H,15-16H2,1-3H3,(H,29,31). The Morgan fingerprint density at radius 1 is 1.06 bits per heavy atom. The van der Waals surface area contributed by atoms with Crippen LogP contribution in [-0.4, -0.2) is 33.9 Å². The number of amides is 1. The van der Waals surface area contributed by atoms with Crippen LogP contribution in [-0.2, 0) is 29.9 Å². The highest BCUT2D eigenvalue weighted by molar-refractivity contribution is 8.04. The van der Waals surface area contributed by atoms with Crippen LogP contribution in [0.4, 0.5) is 11.4 Å². The molecule has 0 radical (unpaired) electrons. The predicted octanol–water partition coefficient (Wildman–Crippen LogP) is 4.95. The summed E-state index contributed by atoms with van der Waals surface area (Å²) in [5.41, 5.74) is 4.80. The predicted molar refractivity (Wildman–Crippen MR) is 143 cm³/mol. The van der Waals surface area contributed by atoms with Crippen LogP contribution < -0.4 is 10.6 Å². The van der Waals surface area contributed by atoms with Gasteiger partial charge in [0.2, 0.25) is 0 Å². The van der Waals surface area contributed by atoms with Crippen molar-refractivity contribution in [2.75, 3.05) is 24.3 Å². The van der Waals surface area contributed by atoms with Gasteiger partial charge in [-0.2, -0.15) is 0 Å². The largest absolute Gasteiger partial charge is 0.468 e. The second-order valence-corrected chi connectivity index (χ2v) is 11.5. The molecular formula is C27H26N2O5S2. The Hall–Kier alpha value is -3.56. The summed E-state index contributed by atoms with van der Waals surface area (Å²) in [6, 6.07) is 17.8. The maximum Gasteiger partial charge on any atom is 0.325 e. The van der Waals surface area contributed by atoms with E-state index >= 15 is 0 Å². The van der Waals surface area contributed by atoms with Gasteiger partial charge < -0.3 is 15.4 Å². The molecule has 3 aromatic rings. The van der Waals surface area contributed by atoms with Crippen LogP contribution in [0.3, 0.4) is 0 Å². The fourth-order valence-corrected chi connectivity index (χ4v) is 6.41. The number of benzene rings is 3. The van der Waals surface area contributed by atoms with E-state index in [1.807, 2.05) is 44.2 Å². The molecule has 1 aliphatic heterocycles. The van der Waals surface area contributed by atoms with Crippen molar-refractivity contribution in [1.29, 1.82) is 0 Å². The van der Waals surface area contributed by atoms with Gasteiger partial charge in [-0.05, 0) is 72.5 Å². The minimum Gasteiger partial charge on any atom is -0.468 e. The van der Waals surface area contributed by atoms with Crippen molar-refractivity contribution in [1.82, 2.24) is 0 Å². The van der Waals surface area contributed by atoms with E-state index in [2.05, 4.69) is 15.4 Å². The van der Waals surface area contributed by atoms with Crippen LogP contribution in [0.1, 0.15) is 22.3 Å². The van der Waals surface area contributed by atoms with Crippen molar-refractivity contribution in [3.8, 4) is 0 Å². The summed E-state index contributed by atoms with van der Waals surface area (Å²) in [6.45, 7) is 3.88. The summed E-state index contributed by atoms with van der Waals surface area (Å²) in [4.78, 5) is 25.3. The summed E-state index contributed by atoms with van der Waals surface area (Å²) in [5, 5.41) is 5.80. The Morgan fingerprint density at radius 2 is 1.75 bits per heavy atom. The smallest absolute Gasteiger partial charge is 0.325 e. The molecule has 7 nitrogen and oxygen atoms in total. The number of nitrogens with one attached hydrogen (secondary N) is 2. The van der Waals surface area contributed by atoms with Gasteiger partial charge >= 0.3 is 5.97 Å². The van der Waals surface area contributed by atoms with Crippen LogP contribution in [0.5, 0.6) is 0 Å². The third-order valence-electron chi connectivity index (χ3n) is 5.86. The molecule has 4 rings (SSSR count). The van der Waals surface area contributed by atoms with Crippen LogP contribution in [0.2, 0.25) is 0 Å². The molecule has 186 valence electrons. The van der Waals surface area contributed by atoms with E-state index in [1.165, 1.54) is 24.9 Å². The summed E-state index contributed by atoms with van der Waals surface area (Å²) in [6.07, 6.45) is 1.74. The highest BCUT2D eigenvalue weighted by Crippen LogP contribution is 2.40. The summed E-state index contributed by atoms with van der Waals surface area (Å²) < 4.78 is 31.1. The average Bonchev–Trinajstić information content (AvgIpc) is 2.86. The number of anilines is 2. The number of hydrogen-bond acceptors (Lipinski definition) is 7. The number of esters is 1. The van der Waals surface area contributed by atoms with E-state index in [0.717, 1.165) is 27.9 Å². The molecule has 0 saturated carbocycles. The van der Waals surface area contributed by atoms with E-state index in [0.29, 0.717) is 15.5 Å². The van der Waals surface area contributed by atoms with Crippen molar-refractivity contribution in [2.45, 2.75) is 29.4 Å². The molecule has 1 heterocycles. The molecule has 0 spiro atoms. The number of methoxy groups -OCH3 is 1. The molecule has 1 amide bonds. The van der Waals surface area contributed by atoms with Crippen molar-refractivity contribution >= 4 is 50.9 Å². The Bertz CT molecular complexity index is 1440. The molecular weight excluding hydrogens is 496 g/mol. The maximum atomic E-state index is 13.2. The maximum absolute atomic E-state index is 13.2. The number of sulfone groups is 1. The van der Waals surface area contributed by atoms with E-state index in [1.54, 1.807) is 30.3 Å². The molecule has 3 aromatic carbocycles. The van der Waals surface area contributed by atoms with Gasteiger partial charge in [-0.25, -0.2) is 8.42 Å². The first-order valence-electron chi connectivity index (χ1n) is 11.2. The van der Waals surface area contributed by atoms with Gasteiger partial charge in [0.15, 0.2) is 9.84 Å². The van der Waals surface area contributed by atoms with E-state index in [9.17, 15) is 18.0 Å². The normalized spacial score (nSPS) is 14.2. The van der Waals surface area contributed by atoms with E-state index in [4.69, 9.17) is 0 Å². The lowest BCUT2D eigenvalue weighted by molar-refractivity contribution is -0.138. The fourth-order valence-electron chi connectivity index (χ4n) is 3.77. The minimum atomic E-state index is -3.59. The molecule has 0 saturated heterocycles. The van der Waals surface area contributed by atoms with Crippen molar-refractivity contribution < 1.29 is 22.7 Å². The molecule has 36 heavy (non-hydrogen) atoms. The quantitative estimate of drug-likeness (QED) is 0.334. The number of carbonyl (C=O) groups excluding carboxylic acids is 2. The first-order chi connectivity index (χ1) is 17.2. The Labute approximate surface area is 214 Å². The van der Waals surface area contributed by atoms with Crippen molar-refractivity contribution in [2.24, 2.45) is 0 Å². The number of hydrogen-bond donors (Lipinski definition) is 2. The number of rotatable bonds is 7. The second kappa shape index (κ2) is 10.6. The number of aryl methyl sites for hydroxylation is 2. The lowest BCUT2D eigenvalue weighted by Crippen LogP contribution is -2.18. The van der Waals surface area contributed by atoms with E-state index < -0.39 is 9.84 Å². The van der Waals surface area contributed by atoms with Crippen LogP contribution in [0.15, 0.2) is 75.4 Å².